The monoisotopic (exact) mass is 449 g/mol. The van der Waals surface area contributed by atoms with E-state index in [-0.39, 0.29) is 16.9 Å². The molecule has 0 bridgehead atoms. The van der Waals surface area contributed by atoms with E-state index in [1.165, 1.54) is 43.2 Å². The van der Waals surface area contributed by atoms with Crippen molar-refractivity contribution in [2.24, 2.45) is 27.8 Å². The molecule has 31 heavy (non-hydrogen) atoms. The third-order valence-corrected chi connectivity index (χ3v) is 9.41. The van der Waals surface area contributed by atoms with E-state index < -0.39 is 10.3 Å². The van der Waals surface area contributed by atoms with Gasteiger partial charge in [-0.15, -0.1) is 0 Å². The molecule has 0 amide bonds. The SMILES string of the molecule is CCCCCC[C@H]1C[C@@]2(C)[C@@H](CC[C@@H]2O)[C@]2(C)CCc3cc(OS(N)(=O)=O)ccc3[C@@H]12. The van der Waals surface area contributed by atoms with Crippen LogP contribution in [0, 0.1) is 22.7 Å². The van der Waals surface area contributed by atoms with Gasteiger partial charge in [-0.3, -0.25) is 0 Å². The molecule has 2 saturated carbocycles. The number of rotatable bonds is 7. The van der Waals surface area contributed by atoms with Gasteiger partial charge >= 0.3 is 10.3 Å². The van der Waals surface area contributed by atoms with Gasteiger partial charge in [-0.25, -0.2) is 0 Å². The number of hydrogen-bond acceptors (Lipinski definition) is 4. The minimum absolute atomic E-state index is 0.00879. The summed E-state index contributed by atoms with van der Waals surface area (Å²) in [5, 5.41) is 16.1. The molecule has 6 atom stereocenters. The maximum atomic E-state index is 11.4. The van der Waals surface area contributed by atoms with Gasteiger partial charge in [0.15, 0.2) is 0 Å². The second-order valence-electron chi connectivity index (χ2n) is 10.9. The van der Waals surface area contributed by atoms with E-state index >= 15 is 0 Å². The average molecular weight is 450 g/mol. The van der Waals surface area contributed by atoms with Crippen molar-refractivity contribution in [1.82, 2.24) is 0 Å². The molecule has 0 saturated heterocycles. The van der Waals surface area contributed by atoms with Gasteiger partial charge in [0.2, 0.25) is 0 Å². The molecule has 0 radical (unpaired) electrons. The lowest BCUT2D eigenvalue weighted by molar-refractivity contribution is -0.0948. The minimum atomic E-state index is -4.02. The highest BCUT2D eigenvalue weighted by Gasteiger charge is 2.62. The molecule has 1 aromatic carbocycles. The Kier molecular flexibility index (Phi) is 6.21. The number of hydrogen-bond donors (Lipinski definition) is 2. The lowest BCUT2D eigenvalue weighted by Gasteiger charge is -2.60. The molecule has 3 aliphatic rings. The molecule has 0 unspecified atom stereocenters. The van der Waals surface area contributed by atoms with Crippen molar-refractivity contribution in [3.63, 3.8) is 0 Å². The van der Waals surface area contributed by atoms with Crippen molar-refractivity contribution in [3.8, 4) is 5.75 Å². The van der Waals surface area contributed by atoms with Crippen LogP contribution in [-0.2, 0) is 16.7 Å². The maximum absolute atomic E-state index is 11.4. The highest BCUT2D eigenvalue weighted by Crippen LogP contribution is 2.69. The van der Waals surface area contributed by atoms with E-state index in [9.17, 15) is 13.5 Å². The summed E-state index contributed by atoms with van der Waals surface area (Å²) in [5.74, 6) is 1.83. The topological polar surface area (TPSA) is 89.6 Å². The molecule has 0 heterocycles. The normalized spacial score (nSPS) is 37.1. The molecule has 6 heteroatoms. The van der Waals surface area contributed by atoms with Crippen molar-refractivity contribution >= 4 is 10.3 Å². The first-order valence-corrected chi connectivity index (χ1v) is 13.6. The molecule has 174 valence electrons. The third kappa shape index (κ3) is 4.16. The van der Waals surface area contributed by atoms with E-state index in [2.05, 4.69) is 26.8 Å². The number of aryl methyl sites for hydroxylation is 1. The van der Waals surface area contributed by atoms with Crippen molar-refractivity contribution in [3.05, 3.63) is 29.3 Å². The van der Waals surface area contributed by atoms with Gasteiger partial charge in [0, 0.05) is 0 Å². The van der Waals surface area contributed by atoms with Crippen molar-refractivity contribution in [2.45, 2.75) is 97.0 Å². The highest BCUT2D eigenvalue weighted by molar-refractivity contribution is 7.84. The van der Waals surface area contributed by atoms with Gasteiger partial charge in [0.1, 0.15) is 5.75 Å². The number of aliphatic hydroxyl groups is 1. The fraction of sp³-hybridized carbons (Fsp3) is 0.760. The molecule has 0 aliphatic heterocycles. The first-order valence-electron chi connectivity index (χ1n) is 12.1. The van der Waals surface area contributed by atoms with Gasteiger partial charge in [0.25, 0.3) is 0 Å². The Bertz CT molecular complexity index is 916. The Balaban J connectivity index is 1.70. The van der Waals surface area contributed by atoms with Crippen LogP contribution >= 0.6 is 0 Å². The standard InChI is InChI=1S/C25H39NO4S/c1-4-5-6-7-8-18-16-25(3)21(11-12-22(25)27)24(2)14-13-17-15-19(30-31(26,28)29)9-10-20(17)23(18)24/h9-10,15,18,21-23,27H,4-8,11-14,16H2,1-3H3,(H2,26,28,29)/t18-,21-,22-,23+,24-,25-/m0/s1. The molecule has 2 fully saturated rings. The summed E-state index contributed by atoms with van der Waals surface area (Å²) < 4.78 is 27.8. The Morgan fingerprint density at radius 1 is 1.16 bits per heavy atom. The minimum Gasteiger partial charge on any atom is -0.393 e. The maximum Gasteiger partial charge on any atom is 0.380 e. The lowest BCUT2D eigenvalue weighted by atomic mass is 9.44. The Hall–Kier alpha value is -1.11. The van der Waals surface area contributed by atoms with Gasteiger partial charge in [0.05, 0.1) is 6.10 Å². The van der Waals surface area contributed by atoms with Crippen molar-refractivity contribution in [1.29, 1.82) is 0 Å². The third-order valence-electron chi connectivity index (χ3n) is 8.99. The first kappa shape index (κ1) is 23.1. The summed E-state index contributed by atoms with van der Waals surface area (Å²) in [7, 11) is -4.02. The first-order chi connectivity index (χ1) is 14.6. The molecule has 0 spiro atoms. The summed E-state index contributed by atoms with van der Waals surface area (Å²) in [6.07, 6.45) is 11.1. The van der Waals surface area contributed by atoms with Crippen LogP contribution in [0.3, 0.4) is 0 Å². The molecule has 3 N–H and O–H groups in total. The van der Waals surface area contributed by atoms with Gasteiger partial charge in [-0.05, 0) is 90.4 Å². The number of benzene rings is 1. The summed E-state index contributed by atoms with van der Waals surface area (Å²) >= 11 is 0. The van der Waals surface area contributed by atoms with E-state index in [1.807, 2.05) is 6.07 Å². The fourth-order valence-electron chi connectivity index (χ4n) is 7.75. The fourth-order valence-corrected chi connectivity index (χ4v) is 8.12. The average Bonchev–Trinajstić information content (AvgIpc) is 2.99. The number of fused-ring (bicyclic) bond motifs is 5. The zero-order valence-electron chi connectivity index (χ0n) is 19.3. The van der Waals surface area contributed by atoms with E-state index in [0.717, 1.165) is 32.1 Å². The summed E-state index contributed by atoms with van der Waals surface area (Å²) in [6, 6.07) is 5.73. The molecular formula is C25H39NO4S. The van der Waals surface area contributed by atoms with Crippen molar-refractivity contribution < 1.29 is 17.7 Å². The van der Waals surface area contributed by atoms with E-state index in [0.29, 0.717) is 23.5 Å². The predicted octanol–water partition coefficient (Wildman–Crippen LogP) is 5.07. The Labute approximate surface area is 188 Å². The van der Waals surface area contributed by atoms with Crippen LogP contribution in [0.25, 0.3) is 0 Å². The zero-order chi connectivity index (χ0) is 22.4. The van der Waals surface area contributed by atoms with Crippen LogP contribution in [-0.4, -0.2) is 19.6 Å². The van der Waals surface area contributed by atoms with Gasteiger partial charge < -0.3 is 9.29 Å². The van der Waals surface area contributed by atoms with Crippen LogP contribution in [0.2, 0.25) is 0 Å². The van der Waals surface area contributed by atoms with Crippen molar-refractivity contribution in [2.75, 3.05) is 0 Å². The molecule has 1 aromatic rings. The molecule has 0 aromatic heterocycles. The quantitative estimate of drug-likeness (QED) is 0.569. The predicted molar refractivity (Wildman–Crippen MR) is 123 cm³/mol. The Morgan fingerprint density at radius 3 is 2.65 bits per heavy atom. The van der Waals surface area contributed by atoms with Crippen LogP contribution in [0.1, 0.15) is 95.6 Å². The van der Waals surface area contributed by atoms with E-state index in [4.69, 9.17) is 9.32 Å². The Morgan fingerprint density at radius 2 is 1.94 bits per heavy atom. The number of aliphatic hydroxyl groups excluding tert-OH is 1. The second-order valence-corrected chi connectivity index (χ2v) is 12.0. The largest absolute Gasteiger partial charge is 0.393 e. The summed E-state index contributed by atoms with van der Waals surface area (Å²) in [4.78, 5) is 0. The highest BCUT2D eigenvalue weighted by atomic mass is 32.2. The van der Waals surface area contributed by atoms with Gasteiger partial charge in [-0.1, -0.05) is 52.5 Å². The zero-order valence-corrected chi connectivity index (χ0v) is 20.1. The lowest BCUT2D eigenvalue weighted by Crippen LogP contribution is -2.53. The van der Waals surface area contributed by atoms with Crippen LogP contribution in [0.15, 0.2) is 18.2 Å². The number of nitrogens with two attached hydrogens (primary N) is 1. The van der Waals surface area contributed by atoms with Gasteiger partial charge in [-0.2, -0.15) is 13.6 Å². The second kappa shape index (κ2) is 8.35. The number of unbranched alkanes of at least 4 members (excludes halogenated alkanes) is 3. The molecule has 3 aliphatic carbocycles. The molecule has 4 rings (SSSR count). The van der Waals surface area contributed by atoms with Crippen LogP contribution < -0.4 is 9.32 Å². The molecule has 5 nitrogen and oxygen atoms in total. The van der Waals surface area contributed by atoms with E-state index in [1.54, 1.807) is 6.07 Å². The summed E-state index contributed by atoms with van der Waals surface area (Å²) in [5.41, 5.74) is 2.73. The van der Waals surface area contributed by atoms with Crippen LogP contribution in [0.5, 0.6) is 5.75 Å². The summed E-state index contributed by atoms with van der Waals surface area (Å²) in [6.45, 7) is 7.06. The van der Waals surface area contributed by atoms with Crippen LogP contribution in [0.4, 0.5) is 0 Å². The smallest absolute Gasteiger partial charge is 0.380 e. The molecular weight excluding hydrogens is 410 g/mol.